The van der Waals surface area contributed by atoms with E-state index in [1.807, 2.05) is 0 Å². The van der Waals surface area contributed by atoms with Gasteiger partial charge in [0.2, 0.25) is 0 Å². The highest BCUT2D eigenvalue weighted by Gasteiger charge is 2.14. The van der Waals surface area contributed by atoms with E-state index in [-0.39, 0.29) is 5.69 Å². The molecular weight excluding hydrogens is 182 g/mol. The third-order valence-electron chi connectivity index (χ3n) is 2.06. The van der Waals surface area contributed by atoms with Crippen LogP contribution in [0.5, 0.6) is 0 Å². The number of anilines is 1. The minimum atomic E-state index is -1.04. The second kappa shape index (κ2) is 2.73. The molecule has 0 aromatic carbocycles. The topological polar surface area (TPSA) is 80.6 Å². The van der Waals surface area contributed by atoms with Crippen LogP contribution in [0.4, 0.5) is 5.82 Å². The number of aromatic nitrogens is 2. The molecule has 0 aliphatic carbocycles. The zero-order valence-corrected chi connectivity index (χ0v) is 7.56. The highest BCUT2D eigenvalue weighted by Crippen LogP contribution is 2.16. The number of nitrogen functional groups attached to an aromatic ring is 1. The molecule has 2 heterocycles. The molecule has 5 nitrogen and oxygen atoms in total. The van der Waals surface area contributed by atoms with Crippen molar-refractivity contribution in [3.63, 3.8) is 0 Å². The zero-order chi connectivity index (χ0) is 10.3. The van der Waals surface area contributed by atoms with Gasteiger partial charge in [0.05, 0.1) is 5.52 Å². The lowest BCUT2D eigenvalue weighted by Gasteiger charge is -2.00. The summed E-state index contributed by atoms with van der Waals surface area (Å²) >= 11 is 0. The Morgan fingerprint density at radius 2 is 2.29 bits per heavy atom. The number of hydrogen-bond donors (Lipinski definition) is 2. The lowest BCUT2D eigenvalue weighted by atomic mass is 10.3. The standard InChI is InChI=1S/C9H9N3O2/c1-5-11-8(9(13)14)6-3-2-4-7(10)12(5)6/h2-4H,10H2,1H3,(H,13,14). The van der Waals surface area contributed by atoms with Gasteiger partial charge in [-0.2, -0.15) is 0 Å². The number of hydrogen-bond acceptors (Lipinski definition) is 3. The summed E-state index contributed by atoms with van der Waals surface area (Å²) in [6.45, 7) is 1.72. The third kappa shape index (κ3) is 1.02. The minimum Gasteiger partial charge on any atom is -0.476 e. The summed E-state index contributed by atoms with van der Waals surface area (Å²) in [4.78, 5) is 14.8. The van der Waals surface area contributed by atoms with Crippen LogP contribution in [0.25, 0.3) is 5.52 Å². The number of fused-ring (bicyclic) bond motifs is 1. The van der Waals surface area contributed by atoms with E-state index in [1.54, 1.807) is 29.5 Å². The monoisotopic (exact) mass is 191 g/mol. The molecule has 0 aliphatic rings. The van der Waals surface area contributed by atoms with Crippen LogP contribution in [0, 0.1) is 6.92 Å². The fraction of sp³-hybridized carbons (Fsp3) is 0.111. The second-order valence-electron chi connectivity index (χ2n) is 2.98. The van der Waals surface area contributed by atoms with Crippen LogP contribution in [0.1, 0.15) is 16.3 Å². The third-order valence-corrected chi connectivity index (χ3v) is 2.06. The molecule has 0 saturated carbocycles. The van der Waals surface area contributed by atoms with Gasteiger partial charge in [0.25, 0.3) is 0 Å². The number of carboxylic acid groups (broad SMARTS) is 1. The van der Waals surface area contributed by atoms with Crippen LogP contribution in [-0.4, -0.2) is 20.5 Å². The van der Waals surface area contributed by atoms with E-state index in [1.165, 1.54) is 0 Å². The van der Waals surface area contributed by atoms with E-state index in [0.29, 0.717) is 17.2 Å². The number of nitrogens with two attached hydrogens (primary N) is 1. The molecule has 72 valence electrons. The van der Waals surface area contributed by atoms with Crippen molar-refractivity contribution in [3.8, 4) is 0 Å². The van der Waals surface area contributed by atoms with Crippen LogP contribution in [0.15, 0.2) is 18.2 Å². The normalized spacial score (nSPS) is 10.6. The quantitative estimate of drug-likeness (QED) is 0.702. The van der Waals surface area contributed by atoms with Crippen LogP contribution in [0.2, 0.25) is 0 Å². The molecule has 2 rings (SSSR count). The van der Waals surface area contributed by atoms with Crippen molar-refractivity contribution >= 4 is 17.3 Å². The Kier molecular flexibility index (Phi) is 1.67. The number of imidazole rings is 1. The Morgan fingerprint density at radius 1 is 1.57 bits per heavy atom. The van der Waals surface area contributed by atoms with E-state index < -0.39 is 5.97 Å². The molecule has 0 unspecified atom stereocenters. The molecule has 0 fully saturated rings. The van der Waals surface area contributed by atoms with Crippen molar-refractivity contribution < 1.29 is 9.90 Å². The summed E-state index contributed by atoms with van der Waals surface area (Å²) in [5, 5.41) is 8.87. The van der Waals surface area contributed by atoms with E-state index in [9.17, 15) is 4.79 Å². The van der Waals surface area contributed by atoms with Gasteiger partial charge in [-0.1, -0.05) is 6.07 Å². The number of rotatable bonds is 1. The molecule has 2 aromatic rings. The van der Waals surface area contributed by atoms with E-state index in [2.05, 4.69) is 4.98 Å². The smallest absolute Gasteiger partial charge is 0.356 e. The SMILES string of the molecule is Cc1nc(C(=O)O)c2cccc(N)n12. The summed E-state index contributed by atoms with van der Waals surface area (Å²) < 4.78 is 1.61. The number of aromatic carboxylic acids is 1. The molecule has 5 heteroatoms. The number of pyridine rings is 1. The Bertz CT molecular complexity index is 516. The zero-order valence-electron chi connectivity index (χ0n) is 7.56. The lowest BCUT2D eigenvalue weighted by molar-refractivity contribution is 0.0693. The molecule has 0 saturated heterocycles. The maximum Gasteiger partial charge on any atom is 0.356 e. The van der Waals surface area contributed by atoms with Gasteiger partial charge in [-0.25, -0.2) is 9.78 Å². The summed E-state index contributed by atoms with van der Waals surface area (Å²) in [6, 6.07) is 5.09. The van der Waals surface area contributed by atoms with Crippen molar-refractivity contribution in [2.75, 3.05) is 5.73 Å². The van der Waals surface area contributed by atoms with Gasteiger partial charge in [0.1, 0.15) is 11.6 Å². The molecule has 0 atom stereocenters. The van der Waals surface area contributed by atoms with Crippen molar-refractivity contribution in [2.24, 2.45) is 0 Å². The first-order chi connectivity index (χ1) is 6.61. The lowest BCUT2D eigenvalue weighted by Crippen LogP contribution is -1.99. The van der Waals surface area contributed by atoms with Crippen molar-refractivity contribution in [1.82, 2.24) is 9.38 Å². The van der Waals surface area contributed by atoms with Gasteiger partial charge >= 0.3 is 5.97 Å². The number of carboxylic acids is 1. The van der Waals surface area contributed by atoms with Crippen molar-refractivity contribution in [2.45, 2.75) is 6.92 Å². The average molecular weight is 191 g/mol. The fourth-order valence-electron chi connectivity index (χ4n) is 1.50. The van der Waals surface area contributed by atoms with Gasteiger partial charge in [0.15, 0.2) is 5.69 Å². The fourth-order valence-corrected chi connectivity index (χ4v) is 1.50. The summed E-state index contributed by atoms with van der Waals surface area (Å²) in [5.41, 5.74) is 6.26. The molecule has 0 amide bonds. The van der Waals surface area contributed by atoms with Gasteiger partial charge in [0, 0.05) is 0 Å². The first-order valence-electron chi connectivity index (χ1n) is 4.08. The van der Waals surface area contributed by atoms with Gasteiger partial charge in [-0.05, 0) is 19.1 Å². The Morgan fingerprint density at radius 3 is 2.93 bits per heavy atom. The van der Waals surface area contributed by atoms with Crippen LogP contribution in [0.3, 0.4) is 0 Å². The molecule has 3 N–H and O–H groups in total. The van der Waals surface area contributed by atoms with E-state index in [0.717, 1.165) is 0 Å². The largest absolute Gasteiger partial charge is 0.476 e. The number of aryl methyl sites for hydroxylation is 1. The Labute approximate surface area is 79.8 Å². The minimum absolute atomic E-state index is 0.0369. The second-order valence-corrected chi connectivity index (χ2v) is 2.98. The Hall–Kier alpha value is -2.04. The maximum atomic E-state index is 10.8. The van der Waals surface area contributed by atoms with Gasteiger partial charge < -0.3 is 10.8 Å². The number of nitrogens with zero attached hydrogens (tertiary/aromatic N) is 2. The molecule has 14 heavy (non-hydrogen) atoms. The molecule has 0 spiro atoms. The molecular formula is C9H9N3O2. The molecule has 2 aromatic heterocycles. The summed E-state index contributed by atoms with van der Waals surface area (Å²) in [7, 11) is 0. The Balaban J connectivity index is 2.91. The summed E-state index contributed by atoms with van der Waals surface area (Å²) in [6.07, 6.45) is 0. The van der Waals surface area contributed by atoms with Crippen molar-refractivity contribution in [3.05, 3.63) is 29.7 Å². The highest BCUT2D eigenvalue weighted by atomic mass is 16.4. The summed E-state index contributed by atoms with van der Waals surface area (Å²) in [5.74, 6) is 0.0247. The van der Waals surface area contributed by atoms with Crippen LogP contribution in [-0.2, 0) is 0 Å². The average Bonchev–Trinajstić information content (AvgIpc) is 2.45. The maximum absolute atomic E-state index is 10.8. The van der Waals surface area contributed by atoms with E-state index in [4.69, 9.17) is 10.8 Å². The van der Waals surface area contributed by atoms with Crippen LogP contribution < -0.4 is 5.73 Å². The van der Waals surface area contributed by atoms with Crippen LogP contribution >= 0.6 is 0 Å². The number of carbonyl (C=O) groups is 1. The first kappa shape index (κ1) is 8.55. The van der Waals surface area contributed by atoms with Crippen molar-refractivity contribution in [1.29, 1.82) is 0 Å². The first-order valence-corrected chi connectivity index (χ1v) is 4.08. The molecule has 0 bridgehead atoms. The van der Waals surface area contributed by atoms with Gasteiger partial charge in [-0.3, -0.25) is 4.40 Å². The van der Waals surface area contributed by atoms with Gasteiger partial charge in [-0.15, -0.1) is 0 Å². The predicted molar refractivity (Wildman–Crippen MR) is 51.3 cm³/mol. The van der Waals surface area contributed by atoms with E-state index >= 15 is 0 Å². The molecule has 0 aliphatic heterocycles. The molecule has 0 radical (unpaired) electrons. The highest BCUT2D eigenvalue weighted by molar-refractivity contribution is 5.94. The predicted octanol–water partition coefficient (Wildman–Crippen LogP) is 0.923.